The largest absolute Gasteiger partial charge is 0.375 e. The highest BCUT2D eigenvalue weighted by Crippen LogP contribution is 2.06. The van der Waals surface area contributed by atoms with Crippen molar-refractivity contribution in [1.29, 1.82) is 0 Å². The van der Waals surface area contributed by atoms with E-state index in [2.05, 4.69) is 22.7 Å². The van der Waals surface area contributed by atoms with Crippen LogP contribution in [-0.4, -0.2) is 34.6 Å². The van der Waals surface area contributed by atoms with Crippen LogP contribution in [0.2, 0.25) is 0 Å². The van der Waals surface area contributed by atoms with Crippen LogP contribution < -0.4 is 11.2 Å². The van der Waals surface area contributed by atoms with Gasteiger partial charge in [-0.2, -0.15) is 5.10 Å². The van der Waals surface area contributed by atoms with Crippen LogP contribution in [0, 0.1) is 0 Å². The average Bonchev–Trinajstić information content (AvgIpc) is 2.29. The highest BCUT2D eigenvalue weighted by molar-refractivity contribution is 7.80. The van der Waals surface area contributed by atoms with Crippen molar-refractivity contribution in [1.82, 2.24) is 10.3 Å². The van der Waals surface area contributed by atoms with Crippen LogP contribution in [0.4, 0.5) is 0 Å². The molecule has 1 aliphatic heterocycles. The maximum absolute atomic E-state index is 11.2. The van der Waals surface area contributed by atoms with Crippen LogP contribution >= 0.6 is 12.2 Å². The summed E-state index contributed by atoms with van der Waals surface area (Å²) in [7, 11) is 1.40. The summed E-state index contributed by atoms with van der Waals surface area (Å²) in [6, 6.07) is 0. The summed E-state index contributed by atoms with van der Waals surface area (Å²) in [5, 5.41) is 3.55. The molecule has 1 aliphatic rings. The molecule has 0 aromatic rings. The Morgan fingerprint density at radius 2 is 2.31 bits per heavy atom. The molecule has 0 spiro atoms. The molecule has 1 rings (SSSR count). The molecule has 0 aromatic carbocycles. The third kappa shape index (κ3) is 2.00. The number of nitrogens with two attached hydrogens (primary N) is 1. The van der Waals surface area contributed by atoms with E-state index in [0.29, 0.717) is 0 Å². The smallest absolute Gasteiger partial charge is 0.276 e. The number of thiocarbonyl (C=S) groups is 1. The molecule has 0 saturated carbocycles. The molecule has 0 bridgehead atoms. The van der Waals surface area contributed by atoms with E-state index < -0.39 is 5.91 Å². The van der Waals surface area contributed by atoms with Crippen molar-refractivity contribution >= 4 is 34.9 Å². The third-order valence-corrected chi connectivity index (χ3v) is 1.64. The number of carbonyl (C=O) groups excluding carboxylic acids is 2. The lowest BCUT2D eigenvalue weighted by Crippen LogP contribution is -2.29. The van der Waals surface area contributed by atoms with Crippen molar-refractivity contribution < 1.29 is 9.59 Å². The summed E-state index contributed by atoms with van der Waals surface area (Å²) < 4.78 is 0. The topological polar surface area (TPSA) is 87.8 Å². The van der Waals surface area contributed by atoms with E-state index in [0.717, 1.165) is 4.90 Å². The van der Waals surface area contributed by atoms with Gasteiger partial charge in [-0.3, -0.25) is 19.9 Å². The first-order valence-corrected chi connectivity index (χ1v) is 3.86. The Morgan fingerprint density at radius 1 is 1.69 bits per heavy atom. The molecule has 1 fully saturated rings. The van der Waals surface area contributed by atoms with E-state index in [1.54, 1.807) is 0 Å². The van der Waals surface area contributed by atoms with E-state index in [1.807, 2.05) is 0 Å². The highest BCUT2D eigenvalue weighted by Gasteiger charge is 2.32. The molecular formula is C6H8N4O2S. The molecular weight excluding hydrogens is 192 g/mol. The lowest BCUT2D eigenvalue weighted by Gasteiger charge is -2.01. The average molecular weight is 200 g/mol. The molecule has 13 heavy (non-hydrogen) atoms. The van der Waals surface area contributed by atoms with Gasteiger partial charge in [0.1, 0.15) is 5.71 Å². The van der Waals surface area contributed by atoms with E-state index in [1.165, 1.54) is 7.05 Å². The number of likely N-dealkylation sites (tertiary alicyclic amines) is 1. The van der Waals surface area contributed by atoms with Crippen LogP contribution in [0.1, 0.15) is 6.42 Å². The van der Waals surface area contributed by atoms with Gasteiger partial charge in [0.2, 0.25) is 5.91 Å². The second-order valence-electron chi connectivity index (χ2n) is 2.47. The Morgan fingerprint density at radius 3 is 2.69 bits per heavy atom. The third-order valence-electron chi connectivity index (χ3n) is 1.55. The van der Waals surface area contributed by atoms with Gasteiger partial charge in [0.25, 0.3) is 5.91 Å². The van der Waals surface area contributed by atoms with Gasteiger partial charge in [-0.1, -0.05) is 0 Å². The monoisotopic (exact) mass is 200 g/mol. The first-order valence-electron chi connectivity index (χ1n) is 3.45. The lowest BCUT2D eigenvalue weighted by molar-refractivity contribution is -0.135. The Kier molecular flexibility index (Phi) is 2.57. The van der Waals surface area contributed by atoms with Gasteiger partial charge in [0, 0.05) is 7.05 Å². The van der Waals surface area contributed by atoms with E-state index >= 15 is 0 Å². The first kappa shape index (κ1) is 9.59. The predicted molar refractivity (Wildman–Crippen MR) is 49.8 cm³/mol. The van der Waals surface area contributed by atoms with Crippen LogP contribution in [0.5, 0.6) is 0 Å². The van der Waals surface area contributed by atoms with Gasteiger partial charge in [-0.05, 0) is 12.2 Å². The summed E-state index contributed by atoms with van der Waals surface area (Å²) in [5.74, 6) is -0.706. The Labute approximate surface area is 79.8 Å². The minimum absolute atomic E-state index is 0.00898. The molecule has 70 valence electrons. The second kappa shape index (κ2) is 3.48. The number of hydrogen-bond acceptors (Lipinski definition) is 4. The van der Waals surface area contributed by atoms with Crippen LogP contribution in [-0.2, 0) is 9.59 Å². The summed E-state index contributed by atoms with van der Waals surface area (Å²) in [6.45, 7) is 0. The number of carbonyl (C=O) groups is 2. The zero-order valence-corrected chi connectivity index (χ0v) is 7.72. The Balaban J connectivity index is 2.74. The summed E-state index contributed by atoms with van der Waals surface area (Å²) in [4.78, 5) is 23.2. The summed E-state index contributed by atoms with van der Waals surface area (Å²) in [6.07, 6.45) is -0.00898. The molecule has 3 N–H and O–H groups in total. The minimum Gasteiger partial charge on any atom is -0.375 e. The van der Waals surface area contributed by atoms with Gasteiger partial charge >= 0.3 is 0 Å². The number of rotatable bonds is 1. The molecule has 0 atom stereocenters. The van der Waals surface area contributed by atoms with E-state index in [4.69, 9.17) is 5.73 Å². The van der Waals surface area contributed by atoms with Gasteiger partial charge < -0.3 is 5.73 Å². The lowest BCUT2D eigenvalue weighted by atomic mass is 10.3. The van der Waals surface area contributed by atoms with Gasteiger partial charge in [-0.25, -0.2) is 0 Å². The fourth-order valence-corrected chi connectivity index (χ4v) is 0.900. The maximum atomic E-state index is 11.2. The van der Waals surface area contributed by atoms with Gasteiger partial charge in [0.05, 0.1) is 6.42 Å². The Hall–Kier alpha value is -1.50. The summed E-state index contributed by atoms with van der Waals surface area (Å²) in [5.41, 5.74) is 7.47. The maximum Gasteiger partial charge on any atom is 0.276 e. The number of nitrogens with one attached hydrogen (secondary N) is 1. The normalized spacial score (nSPS) is 19.8. The molecule has 0 unspecified atom stereocenters. The second-order valence-corrected chi connectivity index (χ2v) is 2.91. The van der Waals surface area contributed by atoms with Crippen molar-refractivity contribution in [3.8, 4) is 0 Å². The van der Waals surface area contributed by atoms with Gasteiger partial charge in [-0.15, -0.1) is 0 Å². The predicted octanol–water partition coefficient (Wildman–Crippen LogP) is -1.44. The highest BCUT2D eigenvalue weighted by atomic mass is 32.1. The fourth-order valence-electron chi connectivity index (χ4n) is 0.854. The van der Waals surface area contributed by atoms with Crippen molar-refractivity contribution in [2.75, 3.05) is 7.05 Å². The molecule has 2 amide bonds. The minimum atomic E-state index is -0.422. The van der Waals surface area contributed by atoms with Crippen molar-refractivity contribution in [2.24, 2.45) is 10.8 Å². The van der Waals surface area contributed by atoms with Crippen molar-refractivity contribution in [2.45, 2.75) is 6.42 Å². The van der Waals surface area contributed by atoms with Crippen molar-refractivity contribution in [3.05, 3.63) is 0 Å². The molecule has 1 heterocycles. The van der Waals surface area contributed by atoms with Crippen molar-refractivity contribution in [3.63, 3.8) is 0 Å². The van der Waals surface area contributed by atoms with Crippen LogP contribution in [0.15, 0.2) is 5.10 Å². The molecule has 0 aliphatic carbocycles. The first-order chi connectivity index (χ1) is 6.02. The number of imide groups is 1. The molecule has 1 saturated heterocycles. The molecule has 7 heteroatoms. The zero-order valence-electron chi connectivity index (χ0n) is 6.90. The number of nitrogens with zero attached hydrogens (tertiary/aromatic N) is 2. The fraction of sp³-hybridized carbons (Fsp3) is 0.333. The van der Waals surface area contributed by atoms with Crippen LogP contribution in [0.3, 0.4) is 0 Å². The number of hydrogen-bond donors (Lipinski definition) is 2. The van der Waals surface area contributed by atoms with E-state index in [9.17, 15) is 9.59 Å². The Bertz CT molecular complexity index is 312. The quantitative estimate of drug-likeness (QED) is 0.307. The number of amides is 2. The molecule has 0 radical (unpaired) electrons. The molecule has 0 aromatic heterocycles. The van der Waals surface area contributed by atoms with Gasteiger partial charge in [0.15, 0.2) is 5.11 Å². The SMILES string of the molecule is CN1C(=O)C/C(=N\NC(N)=S)C1=O. The zero-order chi connectivity index (χ0) is 10.0. The summed E-state index contributed by atoms with van der Waals surface area (Å²) >= 11 is 4.48. The number of hydrazone groups is 1. The van der Waals surface area contributed by atoms with Crippen LogP contribution in [0.25, 0.3) is 0 Å². The van der Waals surface area contributed by atoms with E-state index in [-0.39, 0.29) is 23.2 Å². The molecule has 6 nitrogen and oxygen atoms in total. The standard InChI is InChI=1S/C6H8N4O2S/c1-10-4(11)2-3(5(10)12)8-9-6(7)13/h2H2,1H3,(H3,7,9,13)/b8-3+.